The maximum Gasteiger partial charge on any atom is 0.339 e. The molecule has 0 bridgehead atoms. The van der Waals surface area contributed by atoms with E-state index in [0.717, 1.165) is 37.7 Å². The van der Waals surface area contributed by atoms with Gasteiger partial charge in [-0.15, -0.1) is 0 Å². The first kappa shape index (κ1) is 24.7. The van der Waals surface area contributed by atoms with Crippen LogP contribution in [-0.2, 0) is 20.8 Å². The number of carbonyl (C=O) groups is 2. The molecule has 8 nitrogen and oxygen atoms in total. The first-order valence-corrected chi connectivity index (χ1v) is 10.2. The number of phenols is 1. The van der Waals surface area contributed by atoms with Crippen LogP contribution in [-0.4, -0.2) is 43.3 Å². The zero-order valence-electron chi connectivity index (χ0n) is 18.2. The molecule has 0 saturated heterocycles. The third-order valence-electron chi connectivity index (χ3n) is 4.75. The van der Waals surface area contributed by atoms with Crippen LogP contribution in [0.15, 0.2) is 42.7 Å². The normalized spacial score (nSPS) is 11.1. The van der Waals surface area contributed by atoms with E-state index in [1.54, 1.807) is 24.3 Å². The van der Waals surface area contributed by atoms with Gasteiger partial charge in [0.1, 0.15) is 11.3 Å². The lowest BCUT2D eigenvalue weighted by molar-refractivity contribution is -0.208. The van der Waals surface area contributed by atoms with E-state index >= 15 is 0 Å². The lowest BCUT2D eigenvalue weighted by Crippen LogP contribution is -2.02. The second kappa shape index (κ2) is 13.0. The summed E-state index contributed by atoms with van der Waals surface area (Å²) in [6.07, 6.45) is 6.35. The molecule has 0 aliphatic rings. The van der Waals surface area contributed by atoms with Gasteiger partial charge in [-0.25, -0.2) is 4.79 Å². The van der Waals surface area contributed by atoms with Crippen LogP contribution in [0.1, 0.15) is 47.2 Å². The Hall–Kier alpha value is -3.52. The predicted molar refractivity (Wildman–Crippen MR) is 118 cm³/mol. The number of allylic oxidation sites excluding steroid dienone is 1. The number of carbonyl (C=O) groups excluding carboxylic acids is 1. The predicted octanol–water partition coefficient (Wildman–Crippen LogP) is 4.40. The molecule has 2 N–H and O–H groups in total. The van der Waals surface area contributed by atoms with Crippen LogP contribution in [0.4, 0.5) is 0 Å². The number of benzene rings is 2. The topological polar surface area (TPSA) is 112 Å². The minimum Gasteiger partial charge on any atom is -0.507 e. The van der Waals surface area contributed by atoms with Crippen molar-refractivity contribution in [2.24, 2.45) is 0 Å². The second-order valence-electron chi connectivity index (χ2n) is 7.02. The highest BCUT2D eigenvalue weighted by atomic mass is 17.2. The van der Waals surface area contributed by atoms with Crippen LogP contribution < -0.4 is 9.62 Å². The van der Waals surface area contributed by atoms with Crippen molar-refractivity contribution >= 4 is 17.8 Å². The van der Waals surface area contributed by atoms with Gasteiger partial charge in [-0.05, 0) is 54.7 Å². The molecule has 2 aromatic carbocycles. The number of methoxy groups -OCH3 is 2. The minimum absolute atomic E-state index is 0.0754. The molecule has 2 rings (SSSR count). The Morgan fingerprint density at radius 3 is 2.47 bits per heavy atom. The van der Waals surface area contributed by atoms with Crippen LogP contribution in [0, 0.1) is 0 Å². The Kier molecular flexibility index (Phi) is 10.1. The molecular formula is C24H28O8. The summed E-state index contributed by atoms with van der Waals surface area (Å²) in [7, 11) is 2.97. The van der Waals surface area contributed by atoms with E-state index in [4.69, 9.17) is 24.4 Å². The lowest BCUT2D eigenvalue weighted by Gasteiger charge is -2.11. The van der Waals surface area contributed by atoms with Gasteiger partial charge in [-0.3, -0.25) is 4.79 Å². The maximum absolute atomic E-state index is 11.2. The Balaban J connectivity index is 1.71. The molecule has 0 saturated carbocycles. The maximum atomic E-state index is 11.2. The smallest absolute Gasteiger partial charge is 0.339 e. The van der Waals surface area contributed by atoms with Gasteiger partial charge in [-0.2, -0.15) is 4.89 Å². The number of rotatable bonds is 14. The fraction of sp³-hybridized carbons (Fsp3) is 0.333. The highest BCUT2D eigenvalue weighted by Gasteiger charge is 2.11. The number of ether oxygens (including phenoxy) is 2. The largest absolute Gasteiger partial charge is 0.507 e. The van der Waals surface area contributed by atoms with Gasteiger partial charge >= 0.3 is 5.97 Å². The van der Waals surface area contributed by atoms with E-state index in [1.807, 2.05) is 0 Å². The SMILES string of the molecule is CO/C=C(/C=O)c1ccc(OOCCCCCCc2ccc(O)c(C(=O)O)c2)c(OC)c1. The standard InChI is InChI=1S/C24H28O8/c1-29-16-19(15-25)18-9-11-22(23(14-18)30-2)32-31-12-6-4-3-5-7-17-8-10-21(26)20(13-17)24(27)28/h8-11,13-16,26H,3-7,12H2,1-2H3,(H,27,28)/b19-16-. The highest BCUT2D eigenvalue weighted by molar-refractivity contribution is 6.06. The van der Waals surface area contributed by atoms with Gasteiger partial charge in [0.25, 0.3) is 0 Å². The van der Waals surface area contributed by atoms with Crippen molar-refractivity contribution < 1.29 is 39.1 Å². The molecule has 0 heterocycles. The van der Waals surface area contributed by atoms with Crippen molar-refractivity contribution in [2.45, 2.75) is 32.1 Å². The molecule has 0 aromatic heterocycles. The average molecular weight is 444 g/mol. The molecule has 0 amide bonds. The highest BCUT2D eigenvalue weighted by Crippen LogP contribution is 2.30. The van der Waals surface area contributed by atoms with Crippen molar-refractivity contribution in [3.63, 3.8) is 0 Å². The number of aromatic hydroxyl groups is 1. The van der Waals surface area contributed by atoms with Gasteiger partial charge in [0, 0.05) is 0 Å². The van der Waals surface area contributed by atoms with Gasteiger partial charge in [-0.1, -0.05) is 25.0 Å². The Morgan fingerprint density at radius 2 is 1.78 bits per heavy atom. The van der Waals surface area contributed by atoms with E-state index in [1.165, 1.54) is 32.6 Å². The average Bonchev–Trinajstić information content (AvgIpc) is 2.80. The monoisotopic (exact) mass is 444 g/mol. The number of aromatic carboxylic acids is 1. The van der Waals surface area contributed by atoms with Crippen molar-refractivity contribution in [3.8, 4) is 17.2 Å². The number of carboxylic acids is 1. The third-order valence-corrected chi connectivity index (χ3v) is 4.75. The summed E-state index contributed by atoms with van der Waals surface area (Å²) in [5.74, 6) is -0.523. The summed E-state index contributed by atoms with van der Waals surface area (Å²) in [5, 5.41) is 18.6. The first-order valence-electron chi connectivity index (χ1n) is 10.2. The van der Waals surface area contributed by atoms with E-state index in [0.29, 0.717) is 35.5 Å². The summed E-state index contributed by atoms with van der Waals surface area (Å²) in [6, 6.07) is 9.69. The molecule has 32 heavy (non-hydrogen) atoms. The van der Waals surface area contributed by atoms with Crippen molar-refractivity contribution in [1.82, 2.24) is 0 Å². The number of unbranched alkanes of at least 4 members (excludes halogenated alkanes) is 3. The lowest BCUT2D eigenvalue weighted by atomic mass is 10.0. The summed E-state index contributed by atoms with van der Waals surface area (Å²) < 4.78 is 10.2. The molecule has 0 spiro atoms. The number of aryl methyl sites for hydroxylation is 1. The Labute approximate surface area is 186 Å². The summed E-state index contributed by atoms with van der Waals surface area (Å²) in [6.45, 7) is 0.399. The van der Waals surface area contributed by atoms with E-state index in [-0.39, 0.29) is 11.3 Å². The van der Waals surface area contributed by atoms with Crippen LogP contribution in [0.2, 0.25) is 0 Å². The number of carboxylic acid groups (broad SMARTS) is 1. The molecule has 0 aliphatic heterocycles. The molecule has 0 atom stereocenters. The Morgan fingerprint density at radius 1 is 1.00 bits per heavy atom. The van der Waals surface area contributed by atoms with Gasteiger partial charge in [0.15, 0.2) is 12.0 Å². The fourth-order valence-electron chi connectivity index (χ4n) is 3.07. The molecule has 0 radical (unpaired) electrons. The van der Waals surface area contributed by atoms with Crippen molar-refractivity contribution in [2.75, 3.05) is 20.8 Å². The molecule has 8 heteroatoms. The van der Waals surface area contributed by atoms with E-state index in [9.17, 15) is 14.7 Å². The van der Waals surface area contributed by atoms with Gasteiger partial charge in [0.2, 0.25) is 5.75 Å². The first-order chi connectivity index (χ1) is 15.5. The zero-order chi connectivity index (χ0) is 23.3. The molecule has 0 fully saturated rings. The summed E-state index contributed by atoms with van der Waals surface area (Å²) >= 11 is 0. The molecule has 0 unspecified atom stereocenters. The van der Waals surface area contributed by atoms with Gasteiger partial charge in [0.05, 0.1) is 32.7 Å². The second-order valence-corrected chi connectivity index (χ2v) is 7.02. The Bertz CT molecular complexity index is 936. The van der Waals surface area contributed by atoms with Crippen LogP contribution in [0.5, 0.6) is 17.2 Å². The molecule has 2 aromatic rings. The minimum atomic E-state index is -1.14. The number of hydrogen-bond acceptors (Lipinski definition) is 7. The van der Waals surface area contributed by atoms with Crippen molar-refractivity contribution in [3.05, 3.63) is 59.4 Å². The number of aldehydes is 1. The van der Waals surface area contributed by atoms with Gasteiger partial charge < -0.3 is 24.6 Å². The fourth-order valence-corrected chi connectivity index (χ4v) is 3.07. The number of hydrogen-bond donors (Lipinski definition) is 2. The van der Waals surface area contributed by atoms with Crippen molar-refractivity contribution in [1.29, 1.82) is 0 Å². The van der Waals surface area contributed by atoms with E-state index in [2.05, 4.69) is 0 Å². The molecule has 0 aliphatic carbocycles. The molecular weight excluding hydrogens is 416 g/mol. The quantitative estimate of drug-likeness (QED) is 0.110. The molecule has 172 valence electrons. The summed E-state index contributed by atoms with van der Waals surface area (Å²) in [4.78, 5) is 32.8. The third kappa shape index (κ3) is 7.31. The zero-order valence-corrected chi connectivity index (χ0v) is 18.2. The van der Waals surface area contributed by atoms with Crippen LogP contribution in [0.25, 0.3) is 5.57 Å². The summed E-state index contributed by atoms with van der Waals surface area (Å²) in [5.41, 5.74) is 1.82. The van der Waals surface area contributed by atoms with Crippen LogP contribution in [0.3, 0.4) is 0 Å². The van der Waals surface area contributed by atoms with Crippen LogP contribution >= 0.6 is 0 Å². The van der Waals surface area contributed by atoms with E-state index < -0.39 is 5.97 Å².